The molecule has 0 amide bonds. The Morgan fingerprint density at radius 3 is 2.32 bits per heavy atom. The molecule has 198 valence electrons. The van der Waals surface area contributed by atoms with Crippen LogP contribution in [0.5, 0.6) is 0 Å². The van der Waals surface area contributed by atoms with E-state index in [2.05, 4.69) is 27.5 Å². The molecular formula is C28H35F3N6. The summed E-state index contributed by atoms with van der Waals surface area (Å²) in [7, 11) is 5.50. The zero-order valence-electron chi connectivity index (χ0n) is 21.6. The number of aryl methyl sites for hydroxylation is 1. The van der Waals surface area contributed by atoms with Crippen LogP contribution in [0.15, 0.2) is 36.9 Å². The van der Waals surface area contributed by atoms with E-state index in [1.807, 2.05) is 38.4 Å². The summed E-state index contributed by atoms with van der Waals surface area (Å²) in [5.41, 5.74) is 14.5. The largest absolute Gasteiger partial charge is 0.418 e. The van der Waals surface area contributed by atoms with Crippen molar-refractivity contribution in [2.24, 2.45) is 5.73 Å². The third-order valence-corrected chi connectivity index (χ3v) is 6.51. The Balaban J connectivity index is 0.00000186. The van der Waals surface area contributed by atoms with E-state index in [1.165, 1.54) is 7.05 Å². The van der Waals surface area contributed by atoms with E-state index in [0.29, 0.717) is 23.1 Å². The SMILES string of the molecule is C=C(NCCN(C)C)c1ccc(-c2nc3c(C(F)(F)F)cc(N)c(C=N)c3c3c2CCCC3)cc1.CN. The summed E-state index contributed by atoms with van der Waals surface area (Å²) in [6.45, 7) is 5.72. The molecule has 0 radical (unpaired) electrons. The zero-order chi connectivity index (χ0) is 27.3. The van der Waals surface area contributed by atoms with E-state index in [-0.39, 0.29) is 11.2 Å². The van der Waals surface area contributed by atoms with Crippen LogP contribution in [-0.4, -0.2) is 50.3 Å². The number of halogens is 3. The Bertz CT molecular complexity index is 1280. The summed E-state index contributed by atoms with van der Waals surface area (Å²) in [6, 6.07) is 8.51. The fourth-order valence-electron chi connectivity index (χ4n) is 4.72. The van der Waals surface area contributed by atoms with Crippen molar-refractivity contribution in [3.8, 4) is 11.3 Å². The van der Waals surface area contributed by atoms with Crippen molar-refractivity contribution in [1.29, 1.82) is 5.41 Å². The fraction of sp³-hybridized carbons (Fsp3) is 0.357. The monoisotopic (exact) mass is 512 g/mol. The third-order valence-electron chi connectivity index (χ3n) is 6.51. The second kappa shape index (κ2) is 11.7. The van der Waals surface area contributed by atoms with Crippen molar-refractivity contribution in [2.45, 2.75) is 31.9 Å². The van der Waals surface area contributed by atoms with Crippen molar-refractivity contribution in [2.75, 3.05) is 40.0 Å². The van der Waals surface area contributed by atoms with Crippen LogP contribution in [0, 0.1) is 5.41 Å². The van der Waals surface area contributed by atoms with Crippen molar-refractivity contribution in [1.82, 2.24) is 15.2 Å². The molecule has 2 aromatic carbocycles. The first-order chi connectivity index (χ1) is 17.6. The predicted molar refractivity (Wildman–Crippen MR) is 147 cm³/mol. The molecule has 0 unspecified atom stereocenters. The number of fused-ring (bicyclic) bond motifs is 3. The van der Waals surface area contributed by atoms with Crippen molar-refractivity contribution >= 4 is 28.5 Å². The number of nitrogens with two attached hydrogens (primary N) is 2. The molecule has 6 N–H and O–H groups in total. The molecule has 0 aliphatic heterocycles. The molecule has 1 aromatic heterocycles. The quantitative estimate of drug-likeness (QED) is 0.261. The first-order valence-electron chi connectivity index (χ1n) is 12.2. The average Bonchev–Trinajstić information content (AvgIpc) is 2.88. The van der Waals surface area contributed by atoms with E-state index >= 15 is 0 Å². The number of nitrogen functional groups attached to an aromatic ring is 1. The van der Waals surface area contributed by atoms with E-state index < -0.39 is 11.7 Å². The fourth-order valence-corrected chi connectivity index (χ4v) is 4.72. The Hall–Kier alpha value is -3.43. The molecule has 0 spiro atoms. The highest BCUT2D eigenvalue weighted by Crippen LogP contribution is 2.43. The van der Waals surface area contributed by atoms with Gasteiger partial charge in [0.05, 0.1) is 16.8 Å². The molecule has 1 aliphatic rings. The van der Waals surface area contributed by atoms with Gasteiger partial charge in [-0.3, -0.25) is 0 Å². The molecule has 0 saturated carbocycles. The molecule has 6 nitrogen and oxygen atoms in total. The smallest absolute Gasteiger partial charge is 0.398 e. The maximum absolute atomic E-state index is 14.0. The first-order valence-corrected chi connectivity index (χ1v) is 12.2. The number of anilines is 1. The van der Waals surface area contributed by atoms with Gasteiger partial charge in [-0.15, -0.1) is 0 Å². The van der Waals surface area contributed by atoms with Crippen LogP contribution in [0.2, 0.25) is 0 Å². The number of nitrogens with one attached hydrogen (secondary N) is 2. The summed E-state index contributed by atoms with van der Waals surface area (Å²) in [5, 5.41) is 11.5. The van der Waals surface area contributed by atoms with Gasteiger partial charge in [-0.2, -0.15) is 13.2 Å². The number of benzene rings is 2. The van der Waals surface area contributed by atoms with Gasteiger partial charge in [-0.25, -0.2) is 4.98 Å². The van der Waals surface area contributed by atoms with Crippen LogP contribution >= 0.6 is 0 Å². The molecule has 3 aromatic rings. The van der Waals surface area contributed by atoms with E-state index in [9.17, 15) is 13.2 Å². The van der Waals surface area contributed by atoms with Gasteiger partial charge in [0.25, 0.3) is 0 Å². The second-order valence-electron chi connectivity index (χ2n) is 9.20. The topological polar surface area (TPSA) is 104 Å². The first kappa shape index (κ1) is 28.1. The minimum absolute atomic E-state index is 0.0493. The highest BCUT2D eigenvalue weighted by atomic mass is 19.4. The van der Waals surface area contributed by atoms with Gasteiger partial charge in [-0.05, 0) is 69.6 Å². The number of hydrogen-bond acceptors (Lipinski definition) is 6. The van der Waals surface area contributed by atoms with Crippen molar-refractivity contribution < 1.29 is 13.2 Å². The minimum atomic E-state index is -4.61. The molecule has 0 bridgehead atoms. The third kappa shape index (κ3) is 5.94. The zero-order valence-corrected chi connectivity index (χ0v) is 21.6. The van der Waals surface area contributed by atoms with Gasteiger partial charge in [0, 0.05) is 47.2 Å². The maximum atomic E-state index is 14.0. The molecule has 0 fully saturated rings. The lowest BCUT2D eigenvalue weighted by Crippen LogP contribution is -2.25. The Morgan fingerprint density at radius 1 is 1.14 bits per heavy atom. The van der Waals surface area contributed by atoms with E-state index in [0.717, 1.165) is 72.6 Å². The highest BCUT2D eigenvalue weighted by molar-refractivity contribution is 6.07. The lowest BCUT2D eigenvalue weighted by molar-refractivity contribution is -0.136. The van der Waals surface area contributed by atoms with Gasteiger partial charge in [-0.1, -0.05) is 30.8 Å². The minimum Gasteiger partial charge on any atom is -0.398 e. The standard InChI is InChI=1S/C27H30F3N5.CH5N/c1-16(33-12-13-35(2)3)17-8-10-18(11-9-17)25-20-7-5-4-6-19(20)24-21(15-31)23(32)14-22(26(24)34-25)27(28,29)30;1-2/h8-11,14-15,31,33H,1,4-7,12-13,32H2,2-3H3;2H2,1H3. The molecule has 0 atom stereocenters. The summed E-state index contributed by atoms with van der Waals surface area (Å²) >= 11 is 0. The normalized spacial score (nSPS) is 13.1. The average molecular weight is 513 g/mol. The predicted octanol–water partition coefficient (Wildman–Crippen LogP) is 5.08. The number of nitrogens with zero attached hydrogens (tertiary/aromatic N) is 2. The van der Waals surface area contributed by atoms with Gasteiger partial charge in [0.15, 0.2) is 0 Å². The van der Waals surface area contributed by atoms with Crippen molar-refractivity contribution in [3.05, 3.63) is 64.7 Å². The van der Waals surface area contributed by atoms with Crippen LogP contribution in [0.3, 0.4) is 0 Å². The van der Waals surface area contributed by atoms with E-state index in [4.69, 9.17) is 11.1 Å². The van der Waals surface area contributed by atoms with Crippen LogP contribution in [0.4, 0.5) is 18.9 Å². The maximum Gasteiger partial charge on any atom is 0.418 e. The molecule has 1 heterocycles. The van der Waals surface area contributed by atoms with Gasteiger partial charge in [0.2, 0.25) is 0 Å². The summed E-state index contributed by atoms with van der Waals surface area (Å²) in [6.07, 6.45) is -0.407. The number of alkyl halides is 3. The summed E-state index contributed by atoms with van der Waals surface area (Å²) in [4.78, 5) is 6.67. The summed E-state index contributed by atoms with van der Waals surface area (Å²) < 4.78 is 42.1. The second-order valence-corrected chi connectivity index (χ2v) is 9.20. The molecule has 1 aliphatic carbocycles. The number of hydrogen-bond donors (Lipinski definition) is 4. The lowest BCUT2D eigenvalue weighted by Gasteiger charge is -2.24. The van der Waals surface area contributed by atoms with Gasteiger partial charge >= 0.3 is 6.18 Å². The lowest BCUT2D eigenvalue weighted by atomic mass is 9.84. The Morgan fingerprint density at radius 2 is 1.76 bits per heavy atom. The van der Waals surface area contributed by atoms with Crippen LogP contribution in [-0.2, 0) is 19.0 Å². The molecule has 0 saturated heterocycles. The molecule has 37 heavy (non-hydrogen) atoms. The number of rotatable bonds is 7. The van der Waals surface area contributed by atoms with Crippen molar-refractivity contribution in [3.63, 3.8) is 0 Å². The van der Waals surface area contributed by atoms with Crippen LogP contribution in [0.25, 0.3) is 27.9 Å². The Kier molecular flexibility index (Phi) is 8.94. The van der Waals surface area contributed by atoms with E-state index in [1.54, 1.807) is 0 Å². The molecule has 9 heteroatoms. The number of pyridine rings is 1. The highest BCUT2D eigenvalue weighted by Gasteiger charge is 2.36. The van der Waals surface area contributed by atoms with Crippen LogP contribution < -0.4 is 16.8 Å². The Labute approximate surface area is 216 Å². The van der Waals surface area contributed by atoms with Gasteiger partial charge in [0.1, 0.15) is 0 Å². The van der Waals surface area contributed by atoms with Gasteiger partial charge < -0.3 is 27.1 Å². The summed E-state index contributed by atoms with van der Waals surface area (Å²) in [5.74, 6) is 0. The molecular weight excluding hydrogens is 477 g/mol. The number of aromatic nitrogens is 1. The van der Waals surface area contributed by atoms with Crippen LogP contribution in [0.1, 0.15) is 40.7 Å². The number of likely N-dealkylation sites (N-methyl/N-ethyl adjacent to an activating group) is 1. The molecule has 4 rings (SSSR count).